The topological polar surface area (TPSA) is 45.7 Å². The lowest BCUT2D eigenvalue weighted by molar-refractivity contribution is -0.0308. The summed E-state index contributed by atoms with van der Waals surface area (Å²) in [4.78, 5) is 20.8. The largest absolute Gasteiger partial charge is 0.373 e. The van der Waals surface area contributed by atoms with E-state index in [4.69, 9.17) is 4.74 Å². The van der Waals surface area contributed by atoms with E-state index >= 15 is 0 Å². The van der Waals surface area contributed by atoms with Crippen molar-refractivity contribution in [3.63, 3.8) is 0 Å². The number of aryl methyl sites for hydroxylation is 1. The van der Waals surface area contributed by atoms with Crippen LogP contribution >= 0.6 is 0 Å². The van der Waals surface area contributed by atoms with E-state index in [-0.39, 0.29) is 12.0 Å². The molecule has 2 heterocycles. The number of amides is 1. The van der Waals surface area contributed by atoms with E-state index < -0.39 is 0 Å². The molecule has 0 spiro atoms. The van der Waals surface area contributed by atoms with Crippen LogP contribution in [0.5, 0.6) is 0 Å². The van der Waals surface area contributed by atoms with Crippen LogP contribution in [0.25, 0.3) is 0 Å². The average molecular weight is 277 g/mol. The number of carbonyl (C=O) groups excluding carboxylic acids is 1. The van der Waals surface area contributed by atoms with Crippen LogP contribution in [0.2, 0.25) is 0 Å². The van der Waals surface area contributed by atoms with Crippen LogP contribution in [-0.2, 0) is 11.2 Å². The van der Waals surface area contributed by atoms with Gasteiger partial charge in [-0.1, -0.05) is 13.0 Å². The maximum Gasteiger partial charge on any atom is 0.272 e. The monoisotopic (exact) mass is 277 g/mol. The third-order valence-corrected chi connectivity index (χ3v) is 3.38. The summed E-state index contributed by atoms with van der Waals surface area (Å²) in [5, 5.41) is 0. The van der Waals surface area contributed by atoms with Gasteiger partial charge in [0, 0.05) is 25.3 Å². The normalized spacial score (nSPS) is 19.4. The van der Waals surface area contributed by atoms with Crippen LogP contribution in [0.15, 0.2) is 18.2 Å². The number of pyridine rings is 1. The van der Waals surface area contributed by atoms with Gasteiger partial charge < -0.3 is 14.5 Å². The van der Waals surface area contributed by atoms with Gasteiger partial charge in [0.2, 0.25) is 0 Å². The Morgan fingerprint density at radius 2 is 2.30 bits per heavy atom. The first-order valence-corrected chi connectivity index (χ1v) is 7.11. The number of aromatic nitrogens is 1. The van der Waals surface area contributed by atoms with E-state index in [1.165, 1.54) is 0 Å². The van der Waals surface area contributed by atoms with Gasteiger partial charge >= 0.3 is 0 Å². The number of morpholine rings is 1. The Morgan fingerprint density at radius 3 is 3.00 bits per heavy atom. The summed E-state index contributed by atoms with van der Waals surface area (Å²) in [5.41, 5.74) is 1.49. The molecule has 5 nitrogen and oxygen atoms in total. The Morgan fingerprint density at radius 1 is 1.50 bits per heavy atom. The minimum atomic E-state index is 0.00681. The highest BCUT2D eigenvalue weighted by molar-refractivity contribution is 5.92. The molecule has 1 aliphatic heterocycles. The number of rotatable bonds is 4. The van der Waals surface area contributed by atoms with Crippen molar-refractivity contribution in [2.24, 2.45) is 0 Å². The number of carbonyl (C=O) groups is 1. The molecule has 0 aliphatic carbocycles. The summed E-state index contributed by atoms with van der Waals surface area (Å²) < 4.78 is 5.69. The van der Waals surface area contributed by atoms with E-state index in [0.717, 1.165) is 18.7 Å². The van der Waals surface area contributed by atoms with Crippen molar-refractivity contribution in [1.29, 1.82) is 0 Å². The zero-order valence-corrected chi connectivity index (χ0v) is 12.5. The number of ether oxygens (including phenoxy) is 1. The maximum absolute atomic E-state index is 12.5. The Kier molecular flexibility index (Phi) is 5.09. The molecule has 1 fully saturated rings. The van der Waals surface area contributed by atoms with Crippen molar-refractivity contribution in [1.82, 2.24) is 14.8 Å². The van der Waals surface area contributed by atoms with Crippen molar-refractivity contribution in [2.45, 2.75) is 19.4 Å². The summed E-state index contributed by atoms with van der Waals surface area (Å²) in [6, 6.07) is 5.64. The number of hydrogen-bond donors (Lipinski definition) is 0. The Labute approximate surface area is 120 Å². The van der Waals surface area contributed by atoms with Gasteiger partial charge in [-0.3, -0.25) is 4.79 Å². The molecule has 1 unspecified atom stereocenters. The smallest absolute Gasteiger partial charge is 0.272 e. The number of nitrogens with zero attached hydrogens (tertiary/aromatic N) is 3. The zero-order chi connectivity index (χ0) is 14.5. The van der Waals surface area contributed by atoms with Crippen molar-refractivity contribution < 1.29 is 9.53 Å². The lowest BCUT2D eigenvalue weighted by Gasteiger charge is -2.34. The highest BCUT2D eigenvalue weighted by Gasteiger charge is 2.26. The van der Waals surface area contributed by atoms with Gasteiger partial charge in [-0.25, -0.2) is 4.98 Å². The first-order valence-electron chi connectivity index (χ1n) is 7.11. The molecule has 0 saturated carbocycles. The molecule has 1 aromatic rings. The van der Waals surface area contributed by atoms with E-state index in [2.05, 4.69) is 9.88 Å². The Balaban J connectivity index is 2.04. The third kappa shape index (κ3) is 3.77. The van der Waals surface area contributed by atoms with E-state index in [1.807, 2.05) is 38.1 Å². The van der Waals surface area contributed by atoms with Gasteiger partial charge in [-0.2, -0.15) is 0 Å². The molecular weight excluding hydrogens is 254 g/mol. The Hall–Kier alpha value is -1.46. The predicted molar refractivity (Wildman–Crippen MR) is 77.8 cm³/mol. The van der Waals surface area contributed by atoms with Crippen LogP contribution in [0.4, 0.5) is 0 Å². The zero-order valence-electron chi connectivity index (χ0n) is 12.5. The maximum atomic E-state index is 12.5. The highest BCUT2D eigenvalue weighted by atomic mass is 16.5. The van der Waals surface area contributed by atoms with Crippen LogP contribution in [0, 0.1) is 0 Å². The number of hydrogen-bond acceptors (Lipinski definition) is 4. The van der Waals surface area contributed by atoms with Gasteiger partial charge in [0.15, 0.2) is 0 Å². The molecule has 1 saturated heterocycles. The van der Waals surface area contributed by atoms with E-state index in [0.29, 0.717) is 25.4 Å². The van der Waals surface area contributed by atoms with Crippen molar-refractivity contribution in [3.05, 3.63) is 29.6 Å². The molecule has 0 bridgehead atoms. The number of likely N-dealkylation sites (N-methyl/N-ethyl adjacent to an activating group) is 1. The van der Waals surface area contributed by atoms with Crippen LogP contribution in [0.1, 0.15) is 23.1 Å². The van der Waals surface area contributed by atoms with Crippen molar-refractivity contribution in [3.8, 4) is 0 Å². The quantitative estimate of drug-likeness (QED) is 0.825. The average Bonchev–Trinajstić information content (AvgIpc) is 2.46. The predicted octanol–water partition coefficient (Wildman–Crippen LogP) is 1.05. The molecule has 2 rings (SSSR count). The van der Waals surface area contributed by atoms with Gasteiger partial charge in [0.25, 0.3) is 5.91 Å². The second-order valence-electron chi connectivity index (χ2n) is 5.37. The van der Waals surface area contributed by atoms with Crippen LogP contribution < -0.4 is 0 Å². The van der Waals surface area contributed by atoms with Crippen LogP contribution in [0.3, 0.4) is 0 Å². The fourth-order valence-electron chi connectivity index (χ4n) is 2.38. The molecule has 20 heavy (non-hydrogen) atoms. The van der Waals surface area contributed by atoms with Gasteiger partial charge in [0.05, 0.1) is 12.7 Å². The summed E-state index contributed by atoms with van der Waals surface area (Å²) in [5.74, 6) is 0.00681. The molecule has 0 N–H and O–H groups in total. The Bertz CT molecular complexity index is 462. The van der Waals surface area contributed by atoms with Crippen molar-refractivity contribution in [2.75, 3.05) is 40.3 Å². The molecular formula is C15H23N3O2. The standard InChI is InChI=1S/C15H23N3O2/c1-4-12-6-5-7-14(16-12)15(19)18-8-9-20-13(11-18)10-17(2)3/h5-7,13H,4,8-11H2,1-3H3. The van der Waals surface area contributed by atoms with E-state index in [1.54, 1.807) is 6.07 Å². The molecule has 1 amide bonds. The fourth-order valence-corrected chi connectivity index (χ4v) is 2.38. The lowest BCUT2D eigenvalue weighted by Crippen LogP contribution is -2.48. The summed E-state index contributed by atoms with van der Waals surface area (Å²) in [6.07, 6.45) is 0.921. The minimum Gasteiger partial charge on any atom is -0.373 e. The van der Waals surface area contributed by atoms with Crippen molar-refractivity contribution >= 4 is 5.91 Å². The molecule has 1 aliphatic rings. The van der Waals surface area contributed by atoms with E-state index in [9.17, 15) is 4.79 Å². The van der Waals surface area contributed by atoms with Gasteiger partial charge in [-0.15, -0.1) is 0 Å². The summed E-state index contributed by atoms with van der Waals surface area (Å²) in [6.45, 7) is 4.73. The first-order chi connectivity index (χ1) is 9.60. The van der Waals surface area contributed by atoms with Gasteiger partial charge in [0.1, 0.15) is 5.69 Å². The second-order valence-corrected chi connectivity index (χ2v) is 5.37. The molecule has 110 valence electrons. The molecule has 1 aromatic heterocycles. The SMILES string of the molecule is CCc1cccc(C(=O)N2CCOC(CN(C)C)C2)n1. The first kappa shape index (κ1) is 14.9. The minimum absolute atomic E-state index is 0.00681. The summed E-state index contributed by atoms with van der Waals surface area (Å²) in [7, 11) is 4.02. The summed E-state index contributed by atoms with van der Waals surface area (Å²) >= 11 is 0. The molecule has 1 atom stereocenters. The second kappa shape index (κ2) is 6.81. The third-order valence-electron chi connectivity index (χ3n) is 3.38. The van der Waals surface area contributed by atoms with Gasteiger partial charge in [-0.05, 0) is 32.6 Å². The fraction of sp³-hybridized carbons (Fsp3) is 0.600. The van der Waals surface area contributed by atoms with Crippen LogP contribution in [-0.4, -0.2) is 67.1 Å². The lowest BCUT2D eigenvalue weighted by atomic mass is 10.2. The molecule has 5 heteroatoms. The molecule has 0 aromatic carbocycles. The molecule has 0 radical (unpaired) electrons. The highest BCUT2D eigenvalue weighted by Crippen LogP contribution is 2.11.